The zero-order chi connectivity index (χ0) is 6.15. The van der Waals surface area contributed by atoms with Crippen LogP contribution in [-0.2, 0) is 0 Å². The molecule has 46 valence electrons. The number of hydrogen-bond acceptors (Lipinski definition) is 1. The van der Waals surface area contributed by atoms with Gasteiger partial charge >= 0.3 is 0 Å². The lowest BCUT2D eigenvalue weighted by molar-refractivity contribution is 0.403. The highest BCUT2D eigenvalue weighted by Gasteiger charge is 2.17. The number of hydrogen-bond donors (Lipinski definition) is 0. The van der Waals surface area contributed by atoms with Crippen LogP contribution in [0.15, 0.2) is 12.2 Å². The molecule has 1 atom stereocenters. The predicted molar refractivity (Wildman–Crippen MR) is 35.8 cm³/mol. The van der Waals surface area contributed by atoms with Gasteiger partial charge < -0.3 is 4.90 Å². The van der Waals surface area contributed by atoms with E-state index in [4.69, 9.17) is 0 Å². The van der Waals surface area contributed by atoms with Gasteiger partial charge in [0, 0.05) is 13.1 Å². The standard InChI is InChI=1S/C7H13N/c1-6-4-8(3)5-7(6)2/h7H,1,4-5H2,2-3H3. The fourth-order valence-corrected chi connectivity index (χ4v) is 1.16. The van der Waals surface area contributed by atoms with Crippen LogP contribution in [0.3, 0.4) is 0 Å². The number of nitrogens with zero attached hydrogens (tertiary/aromatic N) is 1. The Labute approximate surface area is 51.0 Å². The molecule has 0 aromatic rings. The molecular formula is C7H13N. The summed E-state index contributed by atoms with van der Waals surface area (Å²) in [5.74, 6) is 0.722. The van der Waals surface area contributed by atoms with Crippen molar-refractivity contribution in [1.29, 1.82) is 0 Å². The highest BCUT2D eigenvalue weighted by molar-refractivity contribution is 5.07. The second-order valence-electron chi connectivity index (χ2n) is 2.76. The molecule has 0 bridgehead atoms. The lowest BCUT2D eigenvalue weighted by Gasteiger charge is -2.02. The van der Waals surface area contributed by atoms with Gasteiger partial charge in [-0.1, -0.05) is 19.1 Å². The summed E-state index contributed by atoms with van der Waals surface area (Å²) in [5.41, 5.74) is 1.38. The third-order valence-corrected chi connectivity index (χ3v) is 1.76. The van der Waals surface area contributed by atoms with E-state index in [2.05, 4.69) is 25.5 Å². The van der Waals surface area contributed by atoms with Crippen molar-refractivity contribution in [1.82, 2.24) is 4.90 Å². The first-order chi connectivity index (χ1) is 3.70. The zero-order valence-electron chi connectivity index (χ0n) is 5.65. The highest BCUT2D eigenvalue weighted by atomic mass is 15.1. The second kappa shape index (κ2) is 1.90. The third kappa shape index (κ3) is 0.920. The zero-order valence-corrected chi connectivity index (χ0v) is 5.65. The molecule has 0 aliphatic carbocycles. The molecule has 1 heterocycles. The number of likely N-dealkylation sites (tertiary alicyclic amines) is 1. The Kier molecular flexibility index (Phi) is 1.39. The van der Waals surface area contributed by atoms with Gasteiger partial charge in [0.2, 0.25) is 0 Å². The van der Waals surface area contributed by atoms with Crippen molar-refractivity contribution in [3.05, 3.63) is 12.2 Å². The van der Waals surface area contributed by atoms with Crippen molar-refractivity contribution in [3.63, 3.8) is 0 Å². The van der Waals surface area contributed by atoms with E-state index in [1.54, 1.807) is 0 Å². The van der Waals surface area contributed by atoms with Crippen LogP contribution in [-0.4, -0.2) is 25.0 Å². The molecule has 1 rings (SSSR count). The van der Waals surface area contributed by atoms with E-state index in [1.807, 2.05) is 0 Å². The van der Waals surface area contributed by atoms with Gasteiger partial charge in [-0.15, -0.1) is 0 Å². The van der Waals surface area contributed by atoms with E-state index < -0.39 is 0 Å². The Morgan fingerprint density at radius 1 is 1.75 bits per heavy atom. The van der Waals surface area contributed by atoms with Crippen LogP contribution >= 0.6 is 0 Å². The first-order valence-corrected chi connectivity index (χ1v) is 3.06. The SMILES string of the molecule is C=C1CN(C)CC1C. The minimum absolute atomic E-state index is 0.722. The maximum atomic E-state index is 3.94. The van der Waals surface area contributed by atoms with Gasteiger partial charge in [0.15, 0.2) is 0 Å². The van der Waals surface area contributed by atoms with Crippen molar-refractivity contribution >= 4 is 0 Å². The average molecular weight is 111 g/mol. The summed E-state index contributed by atoms with van der Waals surface area (Å²) in [5, 5.41) is 0. The molecule has 1 unspecified atom stereocenters. The molecule has 0 amide bonds. The molecule has 0 N–H and O–H groups in total. The molecule has 0 saturated carbocycles. The Morgan fingerprint density at radius 3 is 2.50 bits per heavy atom. The second-order valence-corrected chi connectivity index (χ2v) is 2.76. The van der Waals surface area contributed by atoms with Crippen LogP contribution in [0, 0.1) is 5.92 Å². The molecule has 1 aliphatic heterocycles. The molecule has 8 heavy (non-hydrogen) atoms. The van der Waals surface area contributed by atoms with Crippen LogP contribution in [0.4, 0.5) is 0 Å². The van der Waals surface area contributed by atoms with Crippen LogP contribution < -0.4 is 0 Å². The third-order valence-electron chi connectivity index (χ3n) is 1.76. The molecule has 1 fully saturated rings. The largest absolute Gasteiger partial charge is 0.302 e. The topological polar surface area (TPSA) is 3.24 Å². The predicted octanol–water partition coefficient (Wildman–Crippen LogP) is 1.12. The average Bonchev–Trinajstić information content (AvgIpc) is 1.85. The summed E-state index contributed by atoms with van der Waals surface area (Å²) in [6.07, 6.45) is 0. The minimum atomic E-state index is 0.722. The molecule has 0 aromatic carbocycles. The highest BCUT2D eigenvalue weighted by Crippen LogP contribution is 2.17. The maximum Gasteiger partial charge on any atom is 0.0190 e. The molecule has 1 nitrogen and oxygen atoms in total. The van der Waals surface area contributed by atoms with Crippen molar-refractivity contribution in [3.8, 4) is 0 Å². The van der Waals surface area contributed by atoms with Gasteiger partial charge in [-0.2, -0.15) is 0 Å². The number of rotatable bonds is 0. The van der Waals surface area contributed by atoms with Gasteiger partial charge in [-0.3, -0.25) is 0 Å². The van der Waals surface area contributed by atoms with Crippen LogP contribution in [0.1, 0.15) is 6.92 Å². The van der Waals surface area contributed by atoms with Crippen molar-refractivity contribution in [2.75, 3.05) is 20.1 Å². The monoisotopic (exact) mass is 111 g/mol. The molecule has 0 radical (unpaired) electrons. The van der Waals surface area contributed by atoms with Gasteiger partial charge in [0.1, 0.15) is 0 Å². The molecule has 0 spiro atoms. The van der Waals surface area contributed by atoms with Gasteiger partial charge in [-0.05, 0) is 13.0 Å². The summed E-state index contributed by atoms with van der Waals surface area (Å²) in [6, 6.07) is 0. The Morgan fingerprint density at radius 2 is 2.38 bits per heavy atom. The summed E-state index contributed by atoms with van der Waals surface area (Å²) >= 11 is 0. The van der Waals surface area contributed by atoms with Gasteiger partial charge in [-0.25, -0.2) is 0 Å². The molecule has 1 saturated heterocycles. The fourth-order valence-electron chi connectivity index (χ4n) is 1.16. The lowest BCUT2D eigenvalue weighted by atomic mass is 10.1. The van der Waals surface area contributed by atoms with E-state index in [-0.39, 0.29) is 0 Å². The smallest absolute Gasteiger partial charge is 0.0190 e. The van der Waals surface area contributed by atoms with Crippen LogP contribution in [0.25, 0.3) is 0 Å². The summed E-state index contributed by atoms with van der Waals surface area (Å²) in [6.45, 7) is 8.46. The Hall–Kier alpha value is -0.300. The summed E-state index contributed by atoms with van der Waals surface area (Å²) in [7, 11) is 2.13. The van der Waals surface area contributed by atoms with E-state index in [0.717, 1.165) is 12.5 Å². The fraction of sp³-hybridized carbons (Fsp3) is 0.714. The van der Waals surface area contributed by atoms with Crippen molar-refractivity contribution < 1.29 is 0 Å². The van der Waals surface area contributed by atoms with E-state index in [1.165, 1.54) is 12.1 Å². The van der Waals surface area contributed by atoms with E-state index >= 15 is 0 Å². The summed E-state index contributed by atoms with van der Waals surface area (Å²) < 4.78 is 0. The lowest BCUT2D eigenvalue weighted by Crippen LogP contribution is -2.12. The molecule has 1 heteroatoms. The molecule has 1 aliphatic rings. The van der Waals surface area contributed by atoms with Crippen LogP contribution in [0.2, 0.25) is 0 Å². The number of likely N-dealkylation sites (N-methyl/N-ethyl adjacent to an activating group) is 1. The normalized spacial score (nSPS) is 31.8. The quantitative estimate of drug-likeness (QED) is 0.423. The van der Waals surface area contributed by atoms with E-state index in [0.29, 0.717) is 0 Å². The van der Waals surface area contributed by atoms with Crippen molar-refractivity contribution in [2.24, 2.45) is 5.92 Å². The van der Waals surface area contributed by atoms with Gasteiger partial charge in [0.05, 0.1) is 0 Å². The maximum absolute atomic E-state index is 3.94. The van der Waals surface area contributed by atoms with Gasteiger partial charge in [0.25, 0.3) is 0 Å². The van der Waals surface area contributed by atoms with Crippen molar-refractivity contribution in [2.45, 2.75) is 6.92 Å². The first-order valence-electron chi connectivity index (χ1n) is 3.06. The minimum Gasteiger partial charge on any atom is -0.302 e. The molecular weight excluding hydrogens is 98.1 g/mol. The Bertz CT molecular complexity index is 107. The Balaban J connectivity index is 2.51. The van der Waals surface area contributed by atoms with Crippen LogP contribution in [0.5, 0.6) is 0 Å². The van der Waals surface area contributed by atoms with E-state index in [9.17, 15) is 0 Å². The summed E-state index contributed by atoms with van der Waals surface area (Å²) in [4.78, 5) is 2.30. The first kappa shape index (κ1) is 5.83. The molecule has 0 aromatic heterocycles.